The lowest BCUT2D eigenvalue weighted by atomic mass is 9.97. The molecular weight excluding hydrogens is 238 g/mol. The van der Waals surface area contributed by atoms with Crippen molar-refractivity contribution in [1.82, 2.24) is 15.2 Å². The van der Waals surface area contributed by atoms with Crippen LogP contribution in [-0.2, 0) is 16.1 Å². The van der Waals surface area contributed by atoms with Crippen LogP contribution in [0.15, 0.2) is 10.9 Å². The van der Waals surface area contributed by atoms with Crippen molar-refractivity contribution in [3.8, 4) is 0 Å². The summed E-state index contributed by atoms with van der Waals surface area (Å²) in [7, 11) is 0. The van der Waals surface area contributed by atoms with Crippen molar-refractivity contribution >= 4 is 23.2 Å². The summed E-state index contributed by atoms with van der Waals surface area (Å²) in [5.41, 5.74) is 1.71. The number of carbonyl (C=O) groups excluding carboxylic acids is 2. The van der Waals surface area contributed by atoms with Crippen molar-refractivity contribution in [1.29, 1.82) is 0 Å². The lowest BCUT2D eigenvalue weighted by Gasteiger charge is -2.41. The van der Waals surface area contributed by atoms with Gasteiger partial charge in [-0.3, -0.25) is 9.59 Å². The second-order valence-corrected chi connectivity index (χ2v) is 5.42. The number of hydrogen-bond acceptors (Lipinski definition) is 4. The van der Waals surface area contributed by atoms with Gasteiger partial charge in [-0.2, -0.15) is 0 Å². The summed E-state index contributed by atoms with van der Waals surface area (Å²) < 4.78 is 0. The molecule has 1 aliphatic heterocycles. The van der Waals surface area contributed by atoms with Gasteiger partial charge >= 0.3 is 0 Å². The number of carbonyl (C=O) groups is 2. The Bertz CT molecular complexity index is 442. The third-order valence-corrected chi connectivity index (χ3v) is 3.53. The average molecular weight is 253 g/mol. The molecule has 0 bridgehead atoms. The van der Waals surface area contributed by atoms with Gasteiger partial charge in [-0.15, -0.1) is 11.3 Å². The summed E-state index contributed by atoms with van der Waals surface area (Å²) in [4.78, 5) is 29.7. The highest BCUT2D eigenvalue weighted by Crippen LogP contribution is 2.20. The van der Waals surface area contributed by atoms with Crippen LogP contribution in [0.2, 0.25) is 0 Å². The number of nitrogens with zero attached hydrogens (tertiary/aromatic N) is 2. The van der Waals surface area contributed by atoms with Gasteiger partial charge in [-0.05, 0) is 20.8 Å². The summed E-state index contributed by atoms with van der Waals surface area (Å²) in [6.45, 7) is 5.55. The molecule has 1 aliphatic rings. The van der Waals surface area contributed by atoms with E-state index in [1.807, 2.05) is 5.38 Å². The molecule has 1 atom stereocenters. The SMILES string of the molecule is CC1C(=O)NC(C)(C)C(=O)N1Cc1cscn1. The smallest absolute Gasteiger partial charge is 0.248 e. The van der Waals surface area contributed by atoms with Crippen molar-refractivity contribution in [2.45, 2.75) is 38.9 Å². The van der Waals surface area contributed by atoms with E-state index in [-0.39, 0.29) is 11.8 Å². The fourth-order valence-corrected chi connectivity index (χ4v) is 2.39. The van der Waals surface area contributed by atoms with Crippen LogP contribution < -0.4 is 5.32 Å². The van der Waals surface area contributed by atoms with Crippen molar-refractivity contribution < 1.29 is 9.59 Å². The first kappa shape index (κ1) is 12.0. The van der Waals surface area contributed by atoms with Crippen LogP contribution in [0.1, 0.15) is 26.5 Å². The van der Waals surface area contributed by atoms with Crippen molar-refractivity contribution in [2.75, 3.05) is 0 Å². The Morgan fingerprint density at radius 2 is 2.24 bits per heavy atom. The summed E-state index contributed by atoms with van der Waals surface area (Å²) in [6.07, 6.45) is 0. The van der Waals surface area contributed by atoms with E-state index in [9.17, 15) is 9.59 Å². The van der Waals surface area contributed by atoms with Crippen molar-refractivity contribution in [3.05, 3.63) is 16.6 Å². The van der Waals surface area contributed by atoms with Gasteiger partial charge in [-0.25, -0.2) is 4.98 Å². The van der Waals surface area contributed by atoms with Crippen LogP contribution in [0.4, 0.5) is 0 Å². The van der Waals surface area contributed by atoms with E-state index in [1.54, 1.807) is 31.2 Å². The Morgan fingerprint density at radius 1 is 1.53 bits per heavy atom. The number of hydrogen-bond donors (Lipinski definition) is 1. The molecule has 6 heteroatoms. The Labute approximate surface area is 104 Å². The number of rotatable bonds is 2. The van der Waals surface area contributed by atoms with E-state index < -0.39 is 11.6 Å². The number of amides is 2. The molecule has 1 saturated heterocycles. The third kappa shape index (κ3) is 2.17. The Kier molecular flexibility index (Phi) is 2.91. The third-order valence-electron chi connectivity index (χ3n) is 2.89. The van der Waals surface area contributed by atoms with E-state index in [0.29, 0.717) is 6.54 Å². The molecule has 2 rings (SSSR count). The van der Waals surface area contributed by atoms with Gasteiger partial charge in [0, 0.05) is 5.38 Å². The van der Waals surface area contributed by atoms with Crippen LogP contribution >= 0.6 is 11.3 Å². The molecule has 1 unspecified atom stereocenters. The molecule has 2 amide bonds. The molecule has 0 aliphatic carbocycles. The van der Waals surface area contributed by atoms with Gasteiger partial charge in [0.2, 0.25) is 11.8 Å². The second kappa shape index (κ2) is 4.10. The Hall–Kier alpha value is -1.43. The largest absolute Gasteiger partial charge is 0.340 e. The number of piperazine rings is 1. The molecule has 1 aromatic rings. The summed E-state index contributed by atoms with van der Waals surface area (Å²) >= 11 is 1.48. The molecule has 0 spiro atoms. The Morgan fingerprint density at radius 3 is 2.82 bits per heavy atom. The molecule has 1 N–H and O–H groups in total. The van der Waals surface area contributed by atoms with E-state index >= 15 is 0 Å². The maximum atomic E-state index is 12.2. The molecule has 1 aromatic heterocycles. The first-order valence-electron chi connectivity index (χ1n) is 5.42. The molecule has 0 saturated carbocycles. The maximum absolute atomic E-state index is 12.2. The van der Waals surface area contributed by atoms with E-state index in [2.05, 4.69) is 10.3 Å². The molecule has 2 heterocycles. The zero-order valence-electron chi connectivity index (χ0n) is 10.1. The summed E-state index contributed by atoms with van der Waals surface area (Å²) in [5.74, 6) is -0.192. The Balaban J connectivity index is 2.23. The zero-order chi connectivity index (χ0) is 12.6. The van der Waals surface area contributed by atoms with Gasteiger partial charge in [-0.1, -0.05) is 0 Å². The molecule has 17 heavy (non-hydrogen) atoms. The highest BCUT2D eigenvalue weighted by atomic mass is 32.1. The predicted molar refractivity (Wildman–Crippen MR) is 64.3 cm³/mol. The number of thiazole rings is 1. The molecule has 1 fully saturated rings. The molecule has 92 valence electrons. The molecule has 5 nitrogen and oxygen atoms in total. The minimum Gasteiger partial charge on any atom is -0.340 e. The van der Waals surface area contributed by atoms with Crippen LogP contribution in [-0.4, -0.2) is 33.3 Å². The fourth-order valence-electron chi connectivity index (χ4n) is 1.84. The van der Waals surface area contributed by atoms with Crippen LogP contribution in [0.25, 0.3) is 0 Å². The fraction of sp³-hybridized carbons (Fsp3) is 0.545. The number of nitrogens with one attached hydrogen (secondary N) is 1. The van der Waals surface area contributed by atoms with Crippen LogP contribution in [0.5, 0.6) is 0 Å². The number of aromatic nitrogens is 1. The lowest BCUT2D eigenvalue weighted by molar-refractivity contribution is -0.153. The lowest BCUT2D eigenvalue weighted by Crippen LogP contribution is -2.66. The van der Waals surface area contributed by atoms with Gasteiger partial charge in [0.15, 0.2) is 0 Å². The van der Waals surface area contributed by atoms with Gasteiger partial charge in [0.1, 0.15) is 11.6 Å². The average Bonchev–Trinajstić information content (AvgIpc) is 2.74. The summed E-state index contributed by atoms with van der Waals surface area (Å²) in [6, 6.07) is -0.447. The first-order valence-corrected chi connectivity index (χ1v) is 6.36. The first-order chi connectivity index (χ1) is 7.92. The minimum atomic E-state index is -0.834. The summed E-state index contributed by atoms with van der Waals surface area (Å²) in [5, 5.41) is 4.61. The van der Waals surface area contributed by atoms with Gasteiger partial charge in [0.25, 0.3) is 0 Å². The minimum absolute atomic E-state index is 0.0717. The topological polar surface area (TPSA) is 62.3 Å². The second-order valence-electron chi connectivity index (χ2n) is 4.70. The standard InChI is InChI=1S/C11H15N3O2S/c1-7-9(15)13-11(2,3)10(16)14(7)4-8-5-17-6-12-8/h5-7H,4H2,1-3H3,(H,13,15). The highest BCUT2D eigenvalue weighted by Gasteiger charge is 2.43. The zero-order valence-corrected chi connectivity index (χ0v) is 10.9. The quantitative estimate of drug-likeness (QED) is 0.846. The maximum Gasteiger partial charge on any atom is 0.248 e. The van der Waals surface area contributed by atoms with Crippen molar-refractivity contribution in [2.24, 2.45) is 0 Å². The molecule has 0 aromatic carbocycles. The normalized spacial score (nSPS) is 23.7. The van der Waals surface area contributed by atoms with E-state index in [0.717, 1.165) is 5.69 Å². The molecule has 0 radical (unpaired) electrons. The predicted octanol–water partition coefficient (Wildman–Crippen LogP) is 0.769. The van der Waals surface area contributed by atoms with Crippen LogP contribution in [0, 0.1) is 0 Å². The van der Waals surface area contributed by atoms with Gasteiger partial charge < -0.3 is 10.2 Å². The van der Waals surface area contributed by atoms with E-state index in [4.69, 9.17) is 0 Å². The van der Waals surface area contributed by atoms with Gasteiger partial charge in [0.05, 0.1) is 17.7 Å². The van der Waals surface area contributed by atoms with E-state index in [1.165, 1.54) is 11.3 Å². The highest BCUT2D eigenvalue weighted by molar-refractivity contribution is 7.07. The molecular formula is C11H15N3O2S. The van der Waals surface area contributed by atoms with Crippen molar-refractivity contribution in [3.63, 3.8) is 0 Å². The van der Waals surface area contributed by atoms with Crippen LogP contribution in [0.3, 0.4) is 0 Å². The monoisotopic (exact) mass is 253 g/mol.